The molecule has 3 heterocycles. The van der Waals surface area contributed by atoms with Crippen LogP contribution in [0.15, 0.2) is 40.8 Å². The molecule has 8 nitrogen and oxygen atoms in total. The molecule has 2 aromatic heterocycles. The molecule has 1 saturated heterocycles. The smallest absolute Gasteiger partial charge is 0.262 e. The maximum Gasteiger partial charge on any atom is 0.262 e. The first-order valence-electron chi connectivity index (χ1n) is 11.6. The van der Waals surface area contributed by atoms with Crippen LogP contribution in [0.2, 0.25) is 0 Å². The molecule has 1 aromatic carbocycles. The number of nitrogens with zero attached hydrogens (tertiary/aromatic N) is 5. The number of likely N-dealkylation sites (N-methyl/N-ethyl adjacent to an activating group) is 1. The molecule has 0 bridgehead atoms. The van der Waals surface area contributed by atoms with Crippen molar-refractivity contribution >= 4 is 33.4 Å². The number of fused-ring (bicyclic) bond motifs is 1. The lowest BCUT2D eigenvalue weighted by Crippen LogP contribution is -2.39. The average Bonchev–Trinajstić information content (AvgIpc) is 3.12. The van der Waals surface area contributed by atoms with E-state index in [1.807, 2.05) is 41.5 Å². The number of hydrogen-bond donors (Lipinski definition) is 0. The minimum Gasteiger partial charge on any atom is -0.348 e. The highest BCUT2D eigenvalue weighted by atomic mass is 32.1. The Bertz CT molecular complexity index is 1230. The Labute approximate surface area is 203 Å². The molecule has 2 amide bonds. The summed E-state index contributed by atoms with van der Waals surface area (Å²) in [7, 11) is 3.51. The van der Waals surface area contributed by atoms with Crippen LogP contribution in [-0.2, 0) is 16.1 Å². The second-order valence-corrected chi connectivity index (χ2v) is 9.85. The van der Waals surface area contributed by atoms with Crippen LogP contribution >= 0.6 is 11.3 Å². The number of aromatic nitrogens is 2. The predicted octanol–water partition coefficient (Wildman–Crippen LogP) is 2.45. The van der Waals surface area contributed by atoms with Gasteiger partial charge in [0.2, 0.25) is 11.8 Å². The fraction of sp³-hybridized carbons (Fsp3) is 0.440. The second-order valence-electron chi connectivity index (χ2n) is 8.99. The lowest BCUT2D eigenvalue weighted by Gasteiger charge is -2.23. The molecule has 3 aromatic rings. The average molecular weight is 482 g/mol. The van der Waals surface area contributed by atoms with Gasteiger partial charge in [0, 0.05) is 64.2 Å². The monoisotopic (exact) mass is 481 g/mol. The van der Waals surface area contributed by atoms with Crippen LogP contribution in [0.4, 0.5) is 0 Å². The number of benzene rings is 1. The summed E-state index contributed by atoms with van der Waals surface area (Å²) in [6, 6.07) is 8.11. The van der Waals surface area contributed by atoms with E-state index in [4.69, 9.17) is 0 Å². The van der Waals surface area contributed by atoms with Gasteiger partial charge in [-0.05, 0) is 18.9 Å². The quantitative estimate of drug-likeness (QED) is 0.540. The molecule has 0 spiro atoms. The Morgan fingerprint density at radius 1 is 1.09 bits per heavy atom. The van der Waals surface area contributed by atoms with Gasteiger partial charge in [-0.15, -0.1) is 11.3 Å². The number of thiophene rings is 1. The normalized spacial score (nSPS) is 14.9. The van der Waals surface area contributed by atoms with Crippen molar-refractivity contribution in [2.45, 2.75) is 26.3 Å². The molecule has 0 radical (unpaired) electrons. The third-order valence-corrected chi connectivity index (χ3v) is 7.18. The fourth-order valence-electron chi connectivity index (χ4n) is 4.16. The largest absolute Gasteiger partial charge is 0.348 e. The molecular formula is C25H31N5O3S. The third kappa shape index (κ3) is 5.37. The van der Waals surface area contributed by atoms with E-state index in [2.05, 4.69) is 9.88 Å². The van der Waals surface area contributed by atoms with Crippen molar-refractivity contribution in [2.75, 3.05) is 46.8 Å². The van der Waals surface area contributed by atoms with E-state index in [0.29, 0.717) is 42.9 Å². The van der Waals surface area contributed by atoms with Gasteiger partial charge in [0.1, 0.15) is 4.83 Å². The Balaban J connectivity index is 1.42. The number of hydrogen-bond acceptors (Lipinski definition) is 6. The van der Waals surface area contributed by atoms with E-state index in [1.165, 1.54) is 16.9 Å². The zero-order valence-corrected chi connectivity index (χ0v) is 20.8. The molecule has 0 atom stereocenters. The van der Waals surface area contributed by atoms with Gasteiger partial charge in [0.05, 0.1) is 18.3 Å². The number of amides is 2. The van der Waals surface area contributed by atoms with Gasteiger partial charge in [-0.1, -0.05) is 29.8 Å². The van der Waals surface area contributed by atoms with Gasteiger partial charge >= 0.3 is 0 Å². The van der Waals surface area contributed by atoms with Crippen LogP contribution in [0.3, 0.4) is 0 Å². The van der Waals surface area contributed by atoms with Crippen molar-refractivity contribution in [3.8, 4) is 11.1 Å². The molecule has 180 valence electrons. The third-order valence-electron chi connectivity index (χ3n) is 6.29. The zero-order valence-electron chi connectivity index (χ0n) is 20.0. The van der Waals surface area contributed by atoms with Gasteiger partial charge in [-0.3, -0.25) is 23.9 Å². The second kappa shape index (κ2) is 10.5. The van der Waals surface area contributed by atoms with E-state index in [-0.39, 0.29) is 23.8 Å². The number of carbonyl (C=O) groups is 2. The number of carbonyl (C=O) groups excluding carboxylic acids is 2. The first-order chi connectivity index (χ1) is 16.3. The lowest BCUT2D eigenvalue weighted by atomic mass is 10.1. The minimum absolute atomic E-state index is 0.0249. The predicted molar refractivity (Wildman–Crippen MR) is 135 cm³/mol. The van der Waals surface area contributed by atoms with E-state index < -0.39 is 0 Å². The molecule has 0 saturated carbocycles. The molecular weight excluding hydrogens is 450 g/mol. The minimum atomic E-state index is -0.112. The van der Waals surface area contributed by atoms with E-state index in [9.17, 15) is 14.4 Å². The summed E-state index contributed by atoms with van der Waals surface area (Å²) in [5, 5.41) is 2.59. The van der Waals surface area contributed by atoms with Crippen LogP contribution in [0.5, 0.6) is 0 Å². The summed E-state index contributed by atoms with van der Waals surface area (Å²) in [5.41, 5.74) is 2.93. The van der Waals surface area contributed by atoms with Crippen molar-refractivity contribution in [3.05, 3.63) is 51.9 Å². The molecule has 4 rings (SSSR count). The van der Waals surface area contributed by atoms with Crippen LogP contribution in [0.1, 0.15) is 18.4 Å². The molecule has 0 aliphatic carbocycles. The van der Waals surface area contributed by atoms with Crippen LogP contribution in [0.25, 0.3) is 21.3 Å². The van der Waals surface area contributed by atoms with Crippen LogP contribution < -0.4 is 5.56 Å². The van der Waals surface area contributed by atoms with Crippen LogP contribution in [0, 0.1) is 6.92 Å². The van der Waals surface area contributed by atoms with Gasteiger partial charge in [-0.25, -0.2) is 4.98 Å². The first kappa shape index (κ1) is 24.1. The summed E-state index contributed by atoms with van der Waals surface area (Å²) in [4.78, 5) is 48.9. The molecule has 1 aliphatic rings. The van der Waals surface area contributed by atoms with Gasteiger partial charge in [-0.2, -0.15) is 0 Å². The van der Waals surface area contributed by atoms with Gasteiger partial charge < -0.3 is 9.80 Å². The molecule has 9 heteroatoms. The molecule has 0 unspecified atom stereocenters. The standard InChI is InChI=1S/C25H31N5O3S/c1-18-5-7-19(8-6-18)20-16-34-24-23(20)25(33)30(17-26-24)12-9-21(31)29-11-4-10-28(13-14-29)15-22(32)27(2)3/h5-8,16-17H,4,9-15H2,1-3H3. The first-order valence-corrected chi connectivity index (χ1v) is 12.5. The molecule has 34 heavy (non-hydrogen) atoms. The molecule has 1 aliphatic heterocycles. The zero-order chi connectivity index (χ0) is 24.2. The summed E-state index contributed by atoms with van der Waals surface area (Å²) < 4.78 is 1.55. The summed E-state index contributed by atoms with van der Waals surface area (Å²) in [6.45, 7) is 5.43. The Kier molecular flexibility index (Phi) is 7.43. The molecule has 1 fully saturated rings. The number of rotatable bonds is 6. The Morgan fingerprint density at radius 3 is 2.59 bits per heavy atom. The maximum atomic E-state index is 13.3. The summed E-state index contributed by atoms with van der Waals surface area (Å²) in [5.74, 6) is 0.0948. The summed E-state index contributed by atoms with van der Waals surface area (Å²) >= 11 is 1.46. The Morgan fingerprint density at radius 2 is 1.85 bits per heavy atom. The van der Waals surface area contributed by atoms with E-state index >= 15 is 0 Å². The van der Waals surface area contributed by atoms with Crippen molar-refractivity contribution in [2.24, 2.45) is 0 Å². The highest BCUT2D eigenvalue weighted by Crippen LogP contribution is 2.30. The van der Waals surface area contributed by atoms with Gasteiger partial charge in [0.15, 0.2) is 0 Å². The van der Waals surface area contributed by atoms with Crippen molar-refractivity contribution < 1.29 is 9.59 Å². The van der Waals surface area contributed by atoms with Crippen molar-refractivity contribution in [1.82, 2.24) is 24.3 Å². The number of aryl methyl sites for hydroxylation is 2. The van der Waals surface area contributed by atoms with Crippen molar-refractivity contribution in [1.29, 1.82) is 0 Å². The van der Waals surface area contributed by atoms with E-state index in [1.54, 1.807) is 29.9 Å². The maximum absolute atomic E-state index is 13.3. The van der Waals surface area contributed by atoms with Crippen LogP contribution in [-0.4, -0.2) is 82.9 Å². The SMILES string of the molecule is Cc1ccc(-c2csc3ncn(CCC(=O)N4CCCN(CC(=O)N(C)C)CC4)c(=O)c23)cc1. The fourth-order valence-corrected chi connectivity index (χ4v) is 5.06. The van der Waals surface area contributed by atoms with E-state index in [0.717, 1.165) is 24.1 Å². The highest BCUT2D eigenvalue weighted by Gasteiger charge is 2.21. The summed E-state index contributed by atoms with van der Waals surface area (Å²) in [6.07, 6.45) is 2.62. The Hall–Kier alpha value is -3.04. The molecule has 0 N–H and O–H groups in total. The van der Waals surface area contributed by atoms with Gasteiger partial charge in [0.25, 0.3) is 5.56 Å². The lowest BCUT2D eigenvalue weighted by molar-refractivity contribution is -0.131. The van der Waals surface area contributed by atoms with Crippen molar-refractivity contribution in [3.63, 3.8) is 0 Å². The topological polar surface area (TPSA) is 78.8 Å². The highest BCUT2D eigenvalue weighted by molar-refractivity contribution is 7.17.